The Morgan fingerprint density at radius 1 is 1.30 bits per heavy atom. The second kappa shape index (κ2) is 8.02. The maximum Gasteiger partial charge on any atom is 0.295 e. The molecule has 2 aromatic rings. The van der Waals surface area contributed by atoms with E-state index < -0.39 is 17.7 Å². The zero-order chi connectivity index (χ0) is 19.6. The van der Waals surface area contributed by atoms with E-state index in [1.54, 1.807) is 12.1 Å². The Morgan fingerprint density at radius 3 is 2.59 bits per heavy atom. The van der Waals surface area contributed by atoms with E-state index in [-0.39, 0.29) is 24.0 Å². The Morgan fingerprint density at radius 2 is 2.00 bits per heavy atom. The third kappa shape index (κ3) is 3.79. The van der Waals surface area contributed by atoms with E-state index in [2.05, 4.69) is 4.98 Å². The number of pyridine rings is 1. The fraction of sp³-hybridized carbons (Fsp3) is 0.350. The zero-order valence-corrected chi connectivity index (χ0v) is 16.3. The molecule has 6 nitrogen and oxygen atoms in total. The van der Waals surface area contributed by atoms with E-state index in [1.165, 1.54) is 28.6 Å². The number of nitrogens with zero attached hydrogens (tertiary/aromatic N) is 2. The van der Waals surface area contributed by atoms with Gasteiger partial charge in [0.15, 0.2) is 0 Å². The van der Waals surface area contributed by atoms with Gasteiger partial charge in [-0.2, -0.15) is 0 Å². The fourth-order valence-electron chi connectivity index (χ4n) is 3.10. The number of carbonyl (C=O) groups excluding carboxylic acids is 2. The molecule has 1 atom stereocenters. The van der Waals surface area contributed by atoms with Gasteiger partial charge in [-0.1, -0.05) is 0 Å². The van der Waals surface area contributed by atoms with Gasteiger partial charge in [-0.15, -0.1) is 11.3 Å². The van der Waals surface area contributed by atoms with Gasteiger partial charge in [0.05, 0.1) is 24.3 Å². The van der Waals surface area contributed by atoms with Crippen LogP contribution in [0.15, 0.2) is 41.5 Å². The van der Waals surface area contributed by atoms with E-state index in [0.29, 0.717) is 12.2 Å². The van der Waals surface area contributed by atoms with Gasteiger partial charge in [0.25, 0.3) is 11.7 Å². The van der Waals surface area contributed by atoms with Crippen LogP contribution in [0.2, 0.25) is 0 Å². The van der Waals surface area contributed by atoms with Gasteiger partial charge >= 0.3 is 0 Å². The van der Waals surface area contributed by atoms with Crippen molar-refractivity contribution in [1.82, 2.24) is 9.88 Å². The molecule has 0 saturated carbocycles. The highest BCUT2D eigenvalue weighted by Gasteiger charge is 2.46. The number of ether oxygens (including phenoxy) is 1. The molecule has 0 aliphatic carbocycles. The molecule has 27 heavy (non-hydrogen) atoms. The normalized spacial score (nSPS) is 19.3. The summed E-state index contributed by atoms with van der Waals surface area (Å²) in [6.45, 7) is 6.36. The fourth-order valence-corrected chi connectivity index (χ4v) is 4.15. The molecule has 1 aliphatic rings. The number of aromatic nitrogens is 1. The summed E-state index contributed by atoms with van der Waals surface area (Å²) < 4.78 is 5.58. The van der Waals surface area contributed by atoms with E-state index >= 15 is 0 Å². The molecule has 1 amide bonds. The minimum absolute atomic E-state index is 0.0283. The second-order valence-corrected chi connectivity index (χ2v) is 7.56. The van der Waals surface area contributed by atoms with Crippen molar-refractivity contribution >= 4 is 28.8 Å². The molecule has 142 valence electrons. The highest BCUT2D eigenvalue weighted by Crippen LogP contribution is 2.42. The number of carbonyl (C=O) groups is 2. The van der Waals surface area contributed by atoms with Crippen LogP contribution < -0.4 is 0 Å². The van der Waals surface area contributed by atoms with Gasteiger partial charge in [-0.25, -0.2) is 0 Å². The molecule has 0 spiro atoms. The molecule has 0 aromatic carbocycles. The van der Waals surface area contributed by atoms with Crippen LogP contribution in [-0.2, 0) is 14.3 Å². The number of hydrogen-bond donors (Lipinski definition) is 1. The van der Waals surface area contributed by atoms with Crippen molar-refractivity contribution in [2.75, 3.05) is 13.2 Å². The first-order chi connectivity index (χ1) is 12.9. The topological polar surface area (TPSA) is 79.7 Å². The van der Waals surface area contributed by atoms with Crippen molar-refractivity contribution < 1.29 is 19.4 Å². The summed E-state index contributed by atoms with van der Waals surface area (Å²) in [7, 11) is 0. The summed E-state index contributed by atoms with van der Waals surface area (Å²) in [5.74, 6) is -1.47. The van der Waals surface area contributed by atoms with E-state index in [4.69, 9.17) is 4.74 Å². The Bertz CT molecular complexity index is 873. The molecule has 0 radical (unpaired) electrons. The van der Waals surface area contributed by atoms with E-state index in [0.717, 1.165) is 10.4 Å². The van der Waals surface area contributed by atoms with E-state index in [1.807, 2.05) is 32.2 Å². The summed E-state index contributed by atoms with van der Waals surface area (Å²) in [5.41, 5.74) is 1.55. The van der Waals surface area contributed by atoms with Crippen LogP contribution in [0.25, 0.3) is 5.76 Å². The van der Waals surface area contributed by atoms with Gasteiger partial charge in [-0.05, 0) is 49.9 Å². The molecule has 3 heterocycles. The first-order valence-corrected chi connectivity index (χ1v) is 9.64. The predicted molar refractivity (Wildman–Crippen MR) is 103 cm³/mol. The highest BCUT2D eigenvalue weighted by molar-refractivity contribution is 7.10. The predicted octanol–water partition coefficient (Wildman–Crippen LogP) is 3.30. The number of aliphatic hydroxyl groups is 1. The lowest BCUT2D eigenvalue weighted by Gasteiger charge is -2.25. The van der Waals surface area contributed by atoms with Crippen LogP contribution in [-0.4, -0.2) is 45.9 Å². The summed E-state index contributed by atoms with van der Waals surface area (Å²) in [5, 5.41) is 12.7. The molecule has 7 heteroatoms. The van der Waals surface area contributed by atoms with Gasteiger partial charge in [-0.3, -0.25) is 14.6 Å². The molecule has 1 aliphatic heterocycles. The molecule has 1 saturated heterocycles. The maximum atomic E-state index is 12.8. The largest absolute Gasteiger partial charge is 0.507 e. The van der Waals surface area contributed by atoms with Crippen molar-refractivity contribution in [2.24, 2.45) is 0 Å². The average Bonchev–Trinajstić information content (AvgIpc) is 3.17. The van der Waals surface area contributed by atoms with Crippen LogP contribution in [0.3, 0.4) is 0 Å². The lowest BCUT2D eigenvalue weighted by atomic mass is 9.99. The van der Waals surface area contributed by atoms with Gasteiger partial charge < -0.3 is 14.7 Å². The number of rotatable bonds is 6. The average molecular weight is 386 g/mol. The molecule has 1 unspecified atom stereocenters. The van der Waals surface area contributed by atoms with Crippen LogP contribution in [0.1, 0.15) is 35.9 Å². The van der Waals surface area contributed by atoms with Crippen molar-refractivity contribution in [3.05, 3.63) is 57.6 Å². The first kappa shape index (κ1) is 19.3. The van der Waals surface area contributed by atoms with Crippen LogP contribution in [0, 0.1) is 6.92 Å². The Balaban J connectivity index is 2.07. The molecule has 1 fully saturated rings. The number of hydrogen-bond acceptors (Lipinski definition) is 6. The summed E-state index contributed by atoms with van der Waals surface area (Å²) >= 11 is 1.47. The number of likely N-dealkylation sites (tertiary alicyclic amines) is 1. The summed E-state index contributed by atoms with van der Waals surface area (Å²) in [6, 6.07) is 4.55. The molecule has 1 N–H and O–H groups in total. The smallest absolute Gasteiger partial charge is 0.295 e. The molecular formula is C20H22N2O4S. The quantitative estimate of drug-likeness (QED) is 0.468. The summed E-state index contributed by atoms with van der Waals surface area (Å²) in [4.78, 5) is 31.8. The molecular weight excluding hydrogens is 364 g/mol. The minimum atomic E-state index is -0.674. The van der Waals surface area contributed by atoms with Gasteiger partial charge in [0.1, 0.15) is 5.76 Å². The summed E-state index contributed by atoms with van der Waals surface area (Å²) in [6.07, 6.45) is 3.10. The van der Waals surface area contributed by atoms with Gasteiger partial charge in [0, 0.05) is 29.4 Å². The SMILES string of the molecule is Cc1ccsc1C1/C(=C(/O)c2ccncc2)C(=O)C(=O)N1CCOC(C)C. The van der Waals surface area contributed by atoms with Crippen molar-refractivity contribution in [3.63, 3.8) is 0 Å². The number of thiophene rings is 1. The third-order valence-electron chi connectivity index (χ3n) is 4.43. The van der Waals surface area contributed by atoms with Gasteiger partial charge in [0.2, 0.25) is 0 Å². The monoisotopic (exact) mass is 386 g/mol. The second-order valence-electron chi connectivity index (χ2n) is 6.62. The number of aliphatic hydroxyl groups excluding tert-OH is 1. The Hall–Kier alpha value is -2.51. The molecule has 3 rings (SSSR count). The third-order valence-corrected chi connectivity index (χ3v) is 5.50. The Kier molecular flexibility index (Phi) is 5.72. The molecule has 0 bridgehead atoms. The van der Waals surface area contributed by atoms with Crippen LogP contribution >= 0.6 is 11.3 Å². The number of Topliss-reactive ketones (excluding diaryl/α,β-unsaturated/α-hetero) is 1. The number of ketones is 1. The lowest BCUT2D eigenvalue weighted by Crippen LogP contribution is -2.33. The van der Waals surface area contributed by atoms with Crippen molar-refractivity contribution in [1.29, 1.82) is 0 Å². The van der Waals surface area contributed by atoms with Crippen molar-refractivity contribution in [3.8, 4) is 0 Å². The standard InChI is InChI=1S/C20H22N2O4S/c1-12(2)26-10-9-22-16(19-13(3)6-11-27-19)15(18(24)20(22)25)17(23)14-4-7-21-8-5-14/h4-8,11-12,16,23H,9-10H2,1-3H3/b17-15-. The number of amides is 1. The van der Waals surface area contributed by atoms with E-state index in [9.17, 15) is 14.7 Å². The zero-order valence-electron chi connectivity index (χ0n) is 15.5. The highest BCUT2D eigenvalue weighted by atomic mass is 32.1. The van der Waals surface area contributed by atoms with Crippen LogP contribution in [0.5, 0.6) is 0 Å². The Labute approximate surface area is 162 Å². The molecule has 2 aromatic heterocycles. The van der Waals surface area contributed by atoms with Crippen LogP contribution in [0.4, 0.5) is 0 Å². The number of aryl methyl sites for hydroxylation is 1. The first-order valence-electron chi connectivity index (χ1n) is 8.76. The minimum Gasteiger partial charge on any atom is -0.507 e. The van der Waals surface area contributed by atoms with Crippen molar-refractivity contribution in [2.45, 2.75) is 32.9 Å². The maximum absolute atomic E-state index is 12.8. The lowest BCUT2D eigenvalue weighted by molar-refractivity contribution is -0.140.